The van der Waals surface area contributed by atoms with E-state index >= 15 is 0 Å². The standard InChI is InChI=1S/C17H26BrN3O/c1-2-19-17(22)21-13-11-20(12-14-21)10-4-3-5-15-6-8-16(18)9-7-15/h6-9H,2-5,10-14H2,1H3,(H,19,22). The van der Waals surface area contributed by atoms with Crippen molar-refractivity contribution >= 4 is 22.0 Å². The summed E-state index contributed by atoms with van der Waals surface area (Å²) >= 11 is 3.46. The molecule has 2 rings (SSSR count). The topological polar surface area (TPSA) is 35.6 Å². The number of carbonyl (C=O) groups is 1. The van der Waals surface area contributed by atoms with E-state index in [2.05, 4.69) is 50.4 Å². The van der Waals surface area contributed by atoms with Crippen molar-refractivity contribution in [3.8, 4) is 0 Å². The van der Waals surface area contributed by atoms with Gasteiger partial charge in [0, 0.05) is 37.2 Å². The van der Waals surface area contributed by atoms with Crippen molar-refractivity contribution in [3.05, 3.63) is 34.3 Å². The van der Waals surface area contributed by atoms with Gasteiger partial charge in [-0.3, -0.25) is 4.90 Å². The Bertz CT molecular complexity index is 455. The van der Waals surface area contributed by atoms with Gasteiger partial charge in [-0.05, 0) is 50.4 Å². The van der Waals surface area contributed by atoms with Crippen molar-refractivity contribution in [3.63, 3.8) is 0 Å². The average molecular weight is 368 g/mol. The van der Waals surface area contributed by atoms with E-state index < -0.39 is 0 Å². The number of rotatable bonds is 6. The highest BCUT2D eigenvalue weighted by Gasteiger charge is 2.19. The van der Waals surface area contributed by atoms with Crippen LogP contribution in [0.2, 0.25) is 0 Å². The van der Waals surface area contributed by atoms with Gasteiger partial charge in [0.15, 0.2) is 0 Å². The molecule has 0 atom stereocenters. The number of piperazine rings is 1. The summed E-state index contributed by atoms with van der Waals surface area (Å²) in [5, 5.41) is 2.87. The Kier molecular flexibility index (Phi) is 7.19. The van der Waals surface area contributed by atoms with Gasteiger partial charge in [-0.1, -0.05) is 28.1 Å². The van der Waals surface area contributed by atoms with Gasteiger partial charge in [0.05, 0.1) is 0 Å². The SMILES string of the molecule is CCNC(=O)N1CCN(CCCCc2ccc(Br)cc2)CC1. The maximum atomic E-state index is 11.7. The molecule has 122 valence electrons. The number of aryl methyl sites for hydroxylation is 1. The Hall–Kier alpha value is -1.07. The van der Waals surface area contributed by atoms with Crippen molar-refractivity contribution in [1.29, 1.82) is 0 Å². The first-order valence-corrected chi connectivity index (χ1v) is 8.98. The average Bonchev–Trinajstić information content (AvgIpc) is 2.54. The molecule has 1 heterocycles. The number of urea groups is 1. The Morgan fingerprint density at radius 2 is 1.82 bits per heavy atom. The monoisotopic (exact) mass is 367 g/mol. The highest BCUT2D eigenvalue weighted by Crippen LogP contribution is 2.13. The Morgan fingerprint density at radius 1 is 1.14 bits per heavy atom. The van der Waals surface area contributed by atoms with Crippen molar-refractivity contribution in [2.45, 2.75) is 26.2 Å². The first kappa shape index (κ1) is 17.3. The molecular weight excluding hydrogens is 342 g/mol. The second-order valence-corrected chi connectivity index (χ2v) is 6.66. The molecule has 1 aromatic carbocycles. The maximum absolute atomic E-state index is 11.7. The lowest BCUT2D eigenvalue weighted by Gasteiger charge is -2.34. The molecule has 1 aliphatic heterocycles. The summed E-state index contributed by atoms with van der Waals surface area (Å²) in [5.41, 5.74) is 1.41. The molecule has 0 radical (unpaired) electrons. The van der Waals surface area contributed by atoms with E-state index in [4.69, 9.17) is 0 Å². The van der Waals surface area contributed by atoms with Crippen LogP contribution < -0.4 is 5.32 Å². The van der Waals surface area contributed by atoms with Crippen molar-refractivity contribution < 1.29 is 4.79 Å². The summed E-state index contributed by atoms with van der Waals surface area (Å²) in [5.74, 6) is 0. The van der Waals surface area contributed by atoms with Gasteiger partial charge in [-0.2, -0.15) is 0 Å². The van der Waals surface area contributed by atoms with Crippen LogP contribution in [0.4, 0.5) is 4.79 Å². The number of nitrogens with zero attached hydrogens (tertiary/aromatic N) is 2. The summed E-state index contributed by atoms with van der Waals surface area (Å²) < 4.78 is 1.14. The molecule has 0 saturated carbocycles. The summed E-state index contributed by atoms with van der Waals surface area (Å²) in [6.07, 6.45) is 3.58. The number of unbranched alkanes of at least 4 members (excludes halogenated alkanes) is 1. The molecule has 0 bridgehead atoms. The molecule has 4 nitrogen and oxygen atoms in total. The highest BCUT2D eigenvalue weighted by molar-refractivity contribution is 9.10. The van der Waals surface area contributed by atoms with Crippen LogP contribution in [0.25, 0.3) is 0 Å². The molecule has 1 fully saturated rings. The molecule has 1 aromatic rings. The van der Waals surface area contributed by atoms with E-state index in [0.717, 1.165) is 43.6 Å². The second kappa shape index (κ2) is 9.16. The van der Waals surface area contributed by atoms with Crippen LogP contribution in [-0.2, 0) is 6.42 Å². The highest BCUT2D eigenvalue weighted by atomic mass is 79.9. The van der Waals surface area contributed by atoms with Crippen LogP contribution in [0.1, 0.15) is 25.3 Å². The van der Waals surface area contributed by atoms with Crippen LogP contribution in [-0.4, -0.2) is 55.1 Å². The molecule has 1 N–H and O–H groups in total. The number of benzene rings is 1. The van der Waals surface area contributed by atoms with Gasteiger partial charge in [0.2, 0.25) is 0 Å². The molecule has 0 aliphatic carbocycles. The van der Waals surface area contributed by atoms with Gasteiger partial charge in [-0.25, -0.2) is 4.79 Å². The summed E-state index contributed by atoms with van der Waals surface area (Å²) in [6, 6.07) is 8.67. The predicted molar refractivity (Wildman–Crippen MR) is 94.2 cm³/mol. The van der Waals surface area contributed by atoms with Crippen molar-refractivity contribution in [1.82, 2.24) is 15.1 Å². The maximum Gasteiger partial charge on any atom is 0.317 e. The molecule has 0 aromatic heterocycles. The molecule has 5 heteroatoms. The van der Waals surface area contributed by atoms with Crippen molar-refractivity contribution in [2.75, 3.05) is 39.3 Å². The summed E-state index contributed by atoms with van der Waals surface area (Å²) in [7, 11) is 0. The molecule has 1 aliphatic rings. The van der Waals surface area contributed by atoms with E-state index in [1.165, 1.54) is 18.4 Å². The van der Waals surface area contributed by atoms with Gasteiger partial charge in [0.25, 0.3) is 0 Å². The molecule has 2 amide bonds. The molecule has 0 unspecified atom stereocenters. The smallest absolute Gasteiger partial charge is 0.317 e. The number of hydrogen-bond donors (Lipinski definition) is 1. The minimum absolute atomic E-state index is 0.0809. The third kappa shape index (κ3) is 5.61. The second-order valence-electron chi connectivity index (χ2n) is 5.75. The zero-order valence-corrected chi connectivity index (χ0v) is 14.9. The largest absolute Gasteiger partial charge is 0.338 e. The molecule has 22 heavy (non-hydrogen) atoms. The third-order valence-electron chi connectivity index (χ3n) is 4.09. The number of amides is 2. The lowest BCUT2D eigenvalue weighted by atomic mass is 10.1. The Morgan fingerprint density at radius 3 is 2.45 bits per heavy atom. The van der Waals surface area contributed by atoms with Gasteiger partial charge >= 0.3 is 6.03 Å². The fourth-order valence-corrected chi connectivity index (χ4v) is 3.02. The summed E-state index contributed by atoms with van der Waals surface area (Å²) in [4.78, 5) is 16.1. The fraction of sp³-hybridized carbons (Fsp3) is 0.588. The zero-order chi connectivity index (χ0) is 15.8. The van der Waals surface area contributed by atoms with Crippen LogP contribution in [0.15, 0.2) is 28.7 Å². The molecule has 1 saturated heterocycles. The fourth-order valence-electron chi connectivity index (χ4n) is 2.75. The van der Waals surface area contributed by atoms with Gasteiger partial charge in [0.1, 0.15) is 0 Å². The quantitative estimate of drug-likeness (QED) is 0.784. The number of halogens is 1. The number of hydrogen-bond acceptors (Lipinski definition) is 2. The van der Waals surface area contributed by atoms with Crippen LogP contribution >= 0.6 is 15.9 Å². The lowest BCUT2D eigenvalue weighted by molar-refractivity contribution is 0.138. The minimum Gasteiger partial charge on any atom is -0.338 e. The van der Waals surface area contributed by atoms with E-state index in [-0.39, 0.29) is 6.03 Å². The van der Waals surface area contributed by atoms with E-state index in [1.54, 1.807) is 0 Å². The Labute approximate surface area is 142 Å². The van der Waals surface area contributed by atoms with Gasteiger partial charge < -0.3 is 10.2 Å². The number of carbonyl (C=O) groups excluding carboxylic acids is 1. The van der Waals surface area contributed by atoms with Crippen LogP contribution in [0.3, 0.4) is 0 Å². The third-order valence-corrected chi connectivity index (χ3v) is 4.62. The van der Waals surface area contributed by atoms with E-state index in [9.17, 15) is 4.79 Å². The van der Waals surface area contributed by atoms with Gasteiger partial charge in [-0.15, -0.1) is 0 Å². The predicted octanol–water partition coefficient (Wildman–Crippen LogP) is 3.12. The normalized spacial score (nSPS) is 15.8. The Balaban J connectivity index is 1.59. The lowest BCUT2D eigenvalue weighted by Crippen LogP contribution is -2.51. The first-order chi connectivity index (χ1) is 10.7. The number of nitrogens with one attached hydrogen (secondary N) is 1. The van der Waals surface area contributed by atoms with E-state index in [0.29, 0.717) is 6.54 Å². The first-order valence-electron chi connectivity index (χ1n) is 8.18. The van der Waals surface area contributed by atoms with Crippen molar-refractivity contribution in [2.24, 2.45) is 0 Å². The zero-order valence-electron chi connectivity index (χ0n) is 13.4. The molecule has 0 spiro atoms. The van der Waals surface area contributed by atoms with E-state index in [1.807, 2.05) is 11.8 Å². The van der Waals surface area contributed by atoms with Crippen LogP contribution in [0.5, 0.6) is 0 Å². The summed E-state index contributed by atoms with van der Waals surface area (Å²) in [6.45, 7) is 7.48. The minimum atomic E-state index is 0.0809. The van der Waals surface area contributed by atoms with Crippen LogP contribution in [0, 0.1) is 0 Å². The molecular formula is C17H26BrN3O.